The molecule has 0 spiro atoms. The third-order valence-corrected chi connectivity index (χ3v) is 3.72. The number of ether oxygens (including phenoxy) is 2. The number of hydrogen-bond acceptors (Lipinski definition) is 3. The molecule has 2 aromatic rings. The predicted octanol–water partition coefficient (Wildman–Crippen LogP) is 3.12. The largest absolute Gasteiger partial charge is 0.456 e. The maximum Gasteiger partial charge on any atom is 0.183 e. The first-order chi connectivity index (χ1) is 10.7. The first-order valence-electron chi connectivity index (χ1n) is 7.48. The molecule has 2 heterocycles. The van der Waals surface area contributed by atoms with Crippen LogP contribution in [0.4, 0.5) is 4.39 Å². The highest BCUT2D eigenvalue weighted by Crippen LogP contribution is 2.28. The zero-order valence-corrected chi connectivity index (χ0v) is 12.8. The summed E-state index contributed by atoms with van der Waals surface area (Å²) in [5, 5.41) is 0.958. The van der Waals surface area contributed by atoms with E-state index in [1.807, 2.05) is 38.1 Å². The molecule has 0 radical (unpaired) electrons. The smallest absolute Gasteiger partial charge is 0.183 e. The summed E-state index contributed by atoms with van der Waals surface area (Å²) in [6.07, 6.45) is 4.20. The Morgan fingerprint density at radius 1 is 1.09 bits per heavy atom. The Morgan fingerprint density at radius 2 is 1.86 bits per heavy atom. The Hall–Kier alpha value is -1.91. The number of hydrogen-bond donors (Lipinski definition) is 0. The van der Waals surface area contributed by atoms with E-state index in [0.29, 0.717) is 30.1 Å². The van der Waals surface area contributed by atoms with Gasteiger partial charge in [0, 0.05) is 10.8 Å². The summed E-state index contributed by atoms with van der Waals surface area (Å²) >= 11 is 0. The fourth-order valence-electron chi connectivity index (χ4n) is 2.56. The highest BCUT2D eigenvalue weighted by atomic mass is 19.1. The summed E-state index contributed by atoms with van der Waals surface area (Å²) in [4.78, 5) is 0. The van der Waals surface area contributed by atoms with Gasteiger partial charge in [-0.2, -0.15) is 0 Å². The van der Waals surface area contributed by atoms with Crippen molar-refractivity contribution in [2.24, 2.45) is 0 Å². The van der Waals surface area contributed by atoms with E-state index in [9.17, 15) is 4.39 Å². The normalized spacial score (nSPS) is 18.1. The number of benzene rings is 1. The third kappa shape index (κ3) is 2.85. The minimum absolute atomic E-state index is 0.339. The van der Waals surface area contributed by atoms with E-state index in [4.69, 9.17) is 13.9 Å². The van der Waals surface area contributed by atoms with E-state index in [1.54, 1.807) is 6.07 Å². The van der Waals surface area contributed by atoms with Crippen LogP contribution in [-0.4, -0.2) is 13.2 Å². The van der Waals surface area contributed by atoms with Gasteiger partial charge in [-0.25, -0.2) is 4.39 Å². The van der Waals surface area contributed by atoms with Crippen LogP contribution in [0.5, 0.6) is 0 Å². The topological polar surface area (TPSA) is 31.6 Å². The summed E-state index contributed by atoms with van der Waals surface area (Å²) in [5.74, 6) is 0.185. The van der Waals surface area contributed by atoms with Crippen molar-refractivity contribution in [2.75, 3.05) is 13.2 Å². The molecule has 0 unspecified atom stereocenters. The van der Waals surface area contributed by atoms with Gasteiger partial charge in [0.25, 0.3) is 0 Å². The van der Waals surface area contributed by atoms with E-state index >= 15 is 0 Å². The van der Waals surface area contributed by atoms with Crippen LogP contribution in [0.3, 0.4) is 0 Å². The zero-order valence-electron chi connectivity index (χ0n) is 12.8. The summed E-state index contributed by atoms with van der Waals surface area (Å²) < 4.78 is 31.2. The van der Waals surface area contributed by atoms with Crippen LogP contribution in [0.15, 0.2) is 28.7 Å². The maximum absolute atomic E-state index is 14.4. The van der Waals surface area contributed by atoms with Crippen molar-refractivity contribution in [3.63, 3.8) is 0 Å². The van der Waals surface area contributed by atoms with Gasteiger partial charge in [-0.1, -0.05) is 12.1 Å². The molecule has 1 aromatic carbocycles. The van der Waals surface area contributed by atoms with Crippen LogP contribution >= 0.6 is 0 Å². The summed E-state index contributed by atoms with van der Waals surface area (Å²) in [6.45, 7) is 5.10. The standard InChI is InChI=1S/C18H19FO3/c1-3-12-11-17(22-16(12)4-2)14-7-6-13(10-15(14)19)18-20-8-5-9-21-18/h3-4,6-7,10-11,18H,5,8-9H2,1-2H3/b12-3-,16-4+. The highest BCUT2D eigenvalue weighted by Gasteiger charge is 2.19. The van der Waals surface area contributed by atoms with E-state index in [2.05, 4.69) is 0 Å². The van der Waals surface area contributed by atoms with Gasteiger partial charge in [0.1, 0.15) is 17.0 Å². The second kappa shape index (κ2) is 6.46. The molecule has 116 valence electrons. The fourth-order valence-corrected chi connectivity index (χ4v) is 2.56. The van der Waals surface area contributed by atoms with Gasteiger partial charge in [-0.15, -0.1) is 0 Å². The predicted molar refractivity (Wildman–Crippen MR) is 82.9 cm³/mol. The summed E-state index contributed by atoms with van der Waals surface area (Å²) in [5.41, 5.74) is 1.88. The molecule has 1 aromatic heterocycles. The van der Waals surface area contributed by atoms with Gasteiger partial charge >= 0.3 is 0 Å². The second-order valence-corrected chi connectivity index (χ2v) is 5.17. The van der Waals surface area contributed by atoms with Crippen LogP contribution in [0.1, 0.15) is 32.1 Å². The molecular formula is C18H19FO3. The minimum Gasteiger partial charge on any atom is -0.456 e. The summed E-state index contributed by atoms with van der Waals surface area (Å²) in [6, 6.07) is 6.84. The molecule has 1 aliphatic heterocycles. The van der Waals surface area contributed by atoms with Crippen LogP contribution in [0.2, 0.25) is 0 Å². The van der Waals surface area contributed by atoms with E-state index < -0.39 is 6.29 Å². The Kier molecular flexibility index (Phi) is 4.41. The maximum atomic E-state index is 14.4. The fraction of sp³-hybridized carbons (Fsp3) is 0.333. The van der Waals surface area contributed by atoms with Crippen molar-refractivity contribution < 1.29 is 18.3 Å². The number of halogens is 1. The first kappa shape index (κ1) is 15.0. The SMILES string of the molecule is C/C=c1/cc(-c2ccc(C3OCCCO3)cc2F)o/c1=C/C. The lowest BCUT2D eigenvalue weighted by Gasteiger charge is -2.23. The third-order valence-electron chi connectivity index (χ3n) is 3.72. The second-order valence-electron chi connectivity index (χ2n) is 5.17. The molecule has 0 N–H and O–H groups in total. The van der Waals surface area contributed by atoms with Gasteiger partial charge in [-0.05, 0) is 44.5 Å². The quantitative estimate of drug-likeness (QED) is 0.854. The molecule has 1 aliphatic rings. The molecule has 0 amide bonds. The van der Waals surface area contributed by atoms with Crippen molar-refractivity contribution >= 4 is 12.2 Å². The Balaban J connectivity index is 1.97. The van der Waals surface area contributed by atoms with Crippen molar-refractivity contribution in [1.82, 2.24) is 0 Å². The average Bonchev–Trinajstić information content (AvgIpc) is 2.98. The van der Waals surface area contributed by atoms with E-state index in [-0.39, 0.29) is 5.82 Å². The molecule has 0 atom stereocenters. The molecule has 3 nitrogen and oxygen atoms in total. The molecule has 1 fully saturated rings. The van der Waals surface area contributed by atoms with Crippen LogP contribution in [0.25, 0.3) is 23.5 Å². The molecule has 4 heteroatoms. The van der Waals surface area contributed by atoms with Gasteiger partial charge < -0.3 is 13.9 Å². The molecule has 1 saturated heterocycles. The van der Waals surface area contributed by atoms with Gasteiger partial charge in [0.05, 0.1) is 18.8 Å². The van der Waals surface area contributed by atoms with Crippen molar-refractivity contribution in [3.05, 3.63) is 46.3 Å². The molecule has 3 rings (SSSR count). The monoisotopic (exact) mass is 302 g/mol. The molecule has 0 saturated carbocycles. The molecule has 22 heavy (non-hydrogen) atoms. The lowest BCUT2D eigenvalue weighted by Crippen LogP contribution is -2.17. The van der Waals surface area contributed by atoms with E-state index in [0.717, 1.165) is 17.1 Å². The van der Waals surface area contributed by atoms with Crippen molar-refractivity contribution in [2.45, 2.75) is 26.6 Å². The first-order valence-corrected chi connectivity index (χ1v) is 7.48. The molecular weight excluding hydrogens is 283 g/mol. The lowest BCUT2D eigenvalue weighted by molar-refractivity contribution is -0.183. The lowest BCUT2D eigenvalue weighted by atomic mass is 10.1. The Labute approximate surface area is 128 Å². The van der Waals surface area contributed by atoms with Crippen LogP contribution in [-0.2, 0) is 9.47 Å². The zero-order chi connectivity index (χ0) is 15.5. The Bertz CT molecular complexity index is 739. The minimum atomic E-state index is -0.479. The van der Waals surface area contributed by atoms with Gasteiger partial charge in [-0.3, -0.25) is 0 Å². The molecule has 0 bridgehead atoms. The van der Waals surface area contributed by atoms with Gasteiger partial charge in [0.15, 0.2) is 6.29 Å². The van der Waals surface area contributed by atoms with Gasteiger partial charge in [0.2, 0.25) is 0 Å². The summed E-state index contributed by atoms with van der Waals surface area (Å²) in [7, 11) is 0. The van der Waals surface area contributed by atoms with Crippen LogP contribution < -0.4 is 10.6 Å². The average molecular weight is 302 g/mol. The Morgan fingerprint density at radius 3 is 2.45 bits per heavy atom. The van der Waals surface area contributed by atoms with Crippen molar-refractivity contribution in [1.29, 1.82) is 0 Å². The van der Waals surface area contributed by atoms with Crippen molar-refractivity contribution in [3.8, 4) is 11.3 Å². The number of rotatable bonds is 2. The molecule has 0 aliphatic carbocycles. The van der Waals surface area contributed by atoms with Crippen LogP contribution in [0, 0.1) is 5.82 Å². The van der Waals surface area contributed by atoms with E-state index in [1.165, 1.54) is 6.07 Å². The highest BCUT2D eigenvalue weighted by molar-refractivity contribution is 5.59. The number of furan rings is 1.